The summed E-state index contributed by atoms with van der Waals surface area (Å²) in [7, 11) is 1.04. The summed E-state index contributed by atoms with van der Waals surface area (Å²) < 4.78 is 14.9. The molecule has 0 bridgehead atoms. The standard InChI is InChI=1S/C72H101FN18O15/c1-8-39(5)58(67(102)83-51(17-13-31-80-72(77)78)61(96)82-50(16-12-30-79-71(75)76)62(97)88-56(70(105)106)34-43-22-28-47(94)29-23-43)90-68(103)59(40(6)9-2)89-66(101)53(33-42-20-26-46(93)27-21-42)85-63(98)52(32-41-18-24-45(92)25-19-41)84-65(100)55(36-57(74)95)86-64(99)54(87-69(104)60(38(3)4)91(7)73)35-44-37-81-49-15-11-10-14-48(44)49/h10-11,14-15,18-29,37-40,50-56,58-60,81,92-94H,8-9,12-13,16-17,30-36H2,1-7H3,(H2,74,95)(H,82,96)(H,83,102)(H,84,100)(H,85,98)(H,86,99)(H,87,104)(H,88,97)(H,89,101)(H,90,103)(H,105,106)(H4,75,76,79)(H4,77,78,80)/t39-,40-,50-,51-,52-,53-,54-,55-,56-,58-,59-,60-/m0/s1. The summed E-state index contributed by atoms with van der Waals surface area (Å²) in [6.45, 7) is 10.0. The number of phenols is 3. The van der Waals surface area contributed by atoms with E-state index in [1.807, 2.05) is 0 Å². The Balaban J connectivity index is 1.46. The first kappa shape index (κ1) is 85.1. The largest absolute Gasteiger partial charge is 0.508 e. The number of rotatable bonds is 43. The van der Waals surface area contributed by atoms with Crippen LogP contribution < -0.4 is 75.7 Å². The number of carboxylic acid groups (broad SMARTS) is 1. The third-order valence-electron chi connectivity index (χ3n) is 17.9. The molecule has 1 heterocycles. The molecule has 0 spiro atoms. The molecule has 34 heteroatoms. The molecule has 0 saturated heterocycles. The number of H-pyrrole nitrogens is 1. The van der Waals surface area contributed by atoms with Crippen LogP contribution in [0.15, 0.2) is 103 Å². The van der Waals surface area contributed by atoms with Crippen LogP contribution in [-0.2, 0) is 78.4 Å². The number of aromatic amines is 1. The summed E-state index contributed by atoms with van der Waals surface area (Å²) in [5.74, 6) is -14.3. The second-order valence-corrected chi connectivity index (χ2v) is 26.5. The van der Waals surface area contributed by atoms with E-state index < -0.39 is 156 Å². The van der Waals surface area contributed by atoms with E-state index in [1.54, 1.807) is 72.0 Å². The summed E-state index contributed by atoms with van der Waals surface area (Å²) in [6, 6.07) is 8.36. The van der Waals surface area contributed by atoms with Gasteiger partial charge in [0.1, 0.15) is 77.7 Å². The van der Waals surface area contributed by atoms with Gasteiger partial charge in [-0.2, -0.15) is 0 Å². The number of nitrogens with zero attached hydrogens (tertiary/aromatic N) is 1. The molecule has 106 heavy (non-hydrogen) atoms. The van der Waals surface area contributed by atoms with Crippen molar-refractivity contribution < 1.29 is 77.6 Å². The predicted octanol–water partition coefficient (Wildman–Crippen LogP) is 0.338. The van der Waals surface area contributed by atoms with E-state index in [0.717, 1.165) is 7.05 Å². The molecular weight excluding hydrogens is 1380 g/mol. The number of aromatic hydroxyl groups is 3. The molecule has 576 valence electrons. The number of para-hydroxylation sites is 1. The first-order valence-electron chi connectivity index (χ1n) is 34.9. The van der Waals surface area contributed by atoms with Crippen molar-refractivity contribution >= 4 is 87.9 Å². The number of nitrogens with one attached hydrogen (secondary N) is 14. The molecule has 4 aromatic carbocycles. The molecule has 0 saturated carbocycles. The fourth-order valence-electron chi connectivity index (χ4n) is 11.6. The van der Waals surface area contributed by atoms with E-state index in [-0.39, 0.29) is 106 Å². The Labute approximate surface area is 613 Å². The number of likely N-dealkylation sites (N-methyl/N-ethyl adjacent to an activating group) is 1. The topological polar surface area (TPSA) is 546 Å². The van der Waals surface area contributed by atoms with Gasteiger partial charge in [0.25, 0.3) is 0 Å². The molecule has 0 aliphatic heterocycles. The van der Waals surface area contributed by atoms with Gasteiger partial charge in [-0.05, 0) is 108 Å². The smallest absolute Gasteiger partial charge is 0.326 e. The zero-order valence-corrected chi connectivity index (χ0v) is 60.3. The van der Waals surface area contributed by atoms with Crippen molar-refractivity contribution in [2.45, 2.75) is 173 Å². The molecule has 5 aromatic rings. The lowest BCUT2D eigenvalue weighted by molar-refractivity contribution is -0.142. The fraction of sp³-hybridized carbons (Fsp3) is 0.458. The first-order valence-corrected chi connectivity index (χ1v) is 34.9. The van der Waals surface area contributed by atoms with Crippen molar-refractivity contribution in [3.05, 3.63) is 126 Å². The fourth-order valence-corrected chi connectivity index (χ4v) is 11.6. The van der Waals surface area contributed by atoms with Gasteiger partial charge in [0, 0.05) is 62.9 Å². The molecule has 33 nitrogen and oxygen atoms in total. The maximum atomic E-state index is 15.1. The highest BCUT2D eigenvalue weighted by molar-refractivity contribution is 6.00. The number of hydrogen-bond donors (Lipinski definition) is 21. The number of carboxylic acids is 1. The van der Waals surface area contributed by atoms with Crippen molar-refractivity contribution in [3.63, 3.8) is 0 Å². The highest BCUT2D eigenvalue weighted by Crippen LogP contribution is 2.22. The number of aromatic nitrogens is 1. The highest BCUT2D eigenvalue weighted by Gasteiger charge is 2.39. The van der Waals surface area contributed by atoms with Gasteiger partial charge < -0.3 is 101 Å². The lowest BCUT2D eigenvalue weighted by atomic mass is 9.94. The molecule has 10 amide bonds. The van der Waals surface area contributed by atoms with Crippen LogP contribution in [0.4, 0.5) is 4.48 Å². The van der Waals surface area contributed by atoms with Gasteiger partial charge in [-0.1, -0.05) is 109 Å². The molecule has 24 N–H and O–H groups in total. The van der Waals surface area contributed by atoms with Crippen LogP contribution in [0.1, 0.15) is 109 Å². The second kappa shape index (κ2) is 41.6. The number of carbonyl (C=O) groups excluding carboxylic acids is 10. The van der Waals surface area contributed by atoms with Crippen LogP contribution in [0.2, 0.25) is 0 Å². The third kappa shape index (κ3) is 27.2. The van der Waals surface area contributed by atoms with E-state index in [4.69, 9.17) is 28.0 Å². The van der Waals surface area contributed by atoms with E-state index in [9.17, 15) is 68.1 Å². The van der Waals surface area contributed by atoms with Crippen LogP contribution in [-0.4, -0.2) is 188 Å². The van der Waals surface area contributed by atoms with Crippen LogP contribution in [0.5, 0.6) is 17.2 Å². The quantitative estimate of drug-likeness (QED) is 0.0108. The van der Waals surface area contributed by atoms with Crippen molar-refractivity contribution in [2.75, 3.05) is 20.1 Å². The number of hydrogen-bond acceptors (Lipinski definition) is 17. The number of primary amides is 1. The average molecular weight is 1480 g/mol. The minimum absolute atomic E-state index is 0.0358. The number of guanidine groups is 2. The van der Waals surface area contributed by atoms with Gasteiger partial charge in [0.2, 0.25) is 59.1 Å². The van der Waals surface area contributed by atoms with Crippen LogP contribution in [0.3, 0.4) is 0 Å². The van der Waals surface area contributed by atoms with E-state index in [0.29, 0.717) is 33.2 Å². The van der Waals surface area contributed by atoms with Crippen molar-refractivity contribution in [1.29, 1.82) is 10.8 Å². The zero-order chi connectivity index (χ0) is 78.5. The minimum Gasteiger partial charge on any atom is -0.508 e. The van der Waals surface area contributed by atoms with Gasteiger partial charge in [0.05, 0.1) is 6.42 Å². The van der Waals surface area contributed by atoms with Crippen molar-refractivity contribution in [3.8, 4) is 17.2 Å². The normalized spacial score (nSPS) is 14.6. The molecule has 0 radical (unpaired) electrons. The van der Waals surface area contributed by atoms with Gasteiger partial charge in [0.15, 0.2) is 11.9 Å². The Bertz CT molecular complexity index is 3830. The summed E-state index contributed by atoms with van der Waals surface area (Å²) in [4.78, 5) is 160. The van der Waals surface area contributed by atoms with E-state index in [2.05, 4.69) is 63.5 Å². The Morgan fingerprint density at radius 3 is 1.24 bits per heavy atom. The molecular formula is C72H101FN18O15. The van der Waals surface area contributed by atoms with Crippen LogP contribution >= 0.6 is 0 Å². The Hall–Kier alpha value is -11.6. The maximum absolute atomic E-state index is 15.1. The summed E-state index contributed by atoms with van der Waals surface area (Å²) in [5, 5.41) is 85.4. The predicted molar refractivity (Wildman–Crippen MR) is 391 cm³/mol. The third-order valence-corrected chi connectivity index (χ3v) is 17.9. The molecule has 0 aliphatic rings. The van der Waals surface area contributed by atoms with Gasteiger partial charge in [-0.3, -0.25) is 58.8 Å². The number of halogens is 1. The number of nitrogens with two attached hydrogens (primary N) is 3. The Kier molecular flexibility index (Phi) is 33.4. The van der Waals surface area contributed by atoms with E-state index >= 15 is 9.59 Å². The van der Waals surface area contributed by atoms with Crippen molar-refractivity contribution in [1.82, 2.24) is 68.6 Å². The highest BCUT2D eigenvalue weighted by atomic mass is 19.2. The number of benzene rings is 4. The Morgan fingerprint density at radius 2 is 0.821 bits per heavy atom. The Morgan fingerprint density at radius 1 is 0.472 bits per heavy atom. The lowest BCUT2D eigenvalue weighted by Crippen LogP contribution is -2.62. The number of phenolic OH excluding ortho intramolecular Hbond substituents is 3. The number of amides is 10. The molecule has 1 aromatic heterocycles. The molecule has 0 fully saturated rings. The molecule has 12 atom stereocenters. The summed E-state index contributed by atoms with van der Waals surface area (Å²) in [6.07, 6.45) is 0.0372. The second-order valence-electron chi connectivity index (χ2n) is 26.5. The number of fused-ring (bicyclic) bond motifs is 1. The zero-order valence-electron chi connectivity index (χ0n) is 60.3. The summed E-state index contributed by atoms with van der Waals surface area (Å²) in [5.41, 5.74) is 19.1. The number of carbonyl (C=O) groups is 11. The van der Waals surface area contributed by atoms with Crippen molar-refractivity contribution in [2.24, 2.45) is 35.0 Å². The molecule has 0 unspecified atom stereocenters. The number of aliphatic carboxylic acids is 1. The first-order chi connectivity index (χ1) is 50.2. The van der Waals surface area contributed by atoms with Crippen LogP contribution in [0, 0.1) is 28.6 Å². The SMILES string of the molecule is CC[C@H](C)[C@H](NC(=O)[C@H](Cc1ccc(O)cc1)NC(=O)[C@H](Cc1ccc(O)cc1)NC(=O)[C@H](CC(N)=O)NC(=O)[C@H](Cc1c[nH]c2ccccc12)NC(=O)[C@H](C(C)C)N(C)F)C(=O)N[C@H](C(=O)N[C@@H](CCCNC(=N)N)C(=O)N[C@@H](CCCNC(=N)N)C(=O)N[C@@H](Cc1ccc(O)cc1)C(=O)O)[C@@H](C)CC. The average Bonchev–Trinajstić information content (AvgIpc) is 1.74. The maximum Gasteiger partial charge on any atom is 0.326 e. The monoisotopic (exact) mass is 1480 g/mol. The summed E-state index contributed by atoms with van der Waals surface area (Å²) >= 11 is 0. The van der Waals surface area contributed by atoms with E-state index in [1.165, 1.54) is 72.8 Å². The minimum atomic E-state index is -1.84. The molecule has 0 aliphatic carbocycles. The van der Waals surface area contributed by atoms with Crippen LogP contribution in [0.25, 0.3) is 10.9 Å². The lowest BCUT2D eigenvalue weighted by Gasteiger charge is -2.31. The van der Waals surface area contributed by atoms with Gasteiger partial charge in [-0.15, -0.1) is 9.60 Å². The van der Waals surface area contributed by atoms with Gasteiger partial charge >= 0.3 is 5.97 Å². The molecule has 5 rings (SSSR count). The van der Waals surface area contributed by atoms with Gasteiger partial charge in [-0.25, -0.2) is 4.79 Å².